The van der Waals surface area contributed by atoms with Gasteiger partial charge in [0.05, 0.1) is 5.25 Å². The van der Waals surface area contributed by atoms with Crippen molar-refractivity contribution in [1.29, 1.82) is 0 Å². The molecule has 1 saturated heterocycles. The largest absolute Gasteiger partial charge is 0.444 e. The summed E-state index contributed by atoms with van der Waals surface area (Å²) < 4.78 is 29.2. The van der Waals surface area contributed by atoms with Crippen molar-refractivity contribution in [2.24, 2.45) is 0 Å². The van der Waals surface area contributed by atoms with Crippen LogP contribution in [0, 0.1) is 0 Å². The standard InChI is InChI=1S/C16H30N2O4S/c1-16(2,3)22-15(19)18-10-6-7-12(18)11-17-13-8-5-9-14(13)23(4,20)21/h12-14,17H,5-11H2,1-4H3. The van der Waals surface area contributed by atoms with Crippen molar-refractivity contribution in [1.82, 2.24) is 10.2 Å². The lowest BCUT2D eigenvalue weighted by atomic mass is 10.2. The van der Waals surface area contributed by atoms with Crippen molar-refractivity contribution < 1.29 is 17.9 Å². The first-order valence-electron chi connectivity index (χ1n) is 8.50. The van der Waals surface area contributed by atoms with E-state index in [0.717, 1.165) is 32.1 Å². The molecule has 0 aromatic heterocycles. The van der Waals surface area contributed by atoms with Crippen LogP contribution >= 0.6 is 0 Å². The fourth-order valence-electron chi connectivity index (χ4n) is 3.57. The van der Waals surface area contributed by atoms with Crippen LogP contribution in [-0.4, -0.2) is 61.7 Å². The summed E-state index contributed by atoms with van der Waals surface area (Å²) in [5.41, 5.74) is -0.496. The molecule has 1 aliphatic heterocycles. The van der Waals surface area contributed by atoms with Crippen molar-refractivity contribution in [3.8, 4) is 0 Å². The van der Waals surface area contributed by atoms with Gasteiger partial charge in [-0.05, 0) is 46.5 Å². The second-order valence-corrected chi connectivity index (χ2v) is 10.0. The maximum Gasteiger partial charge on any atom is 0.410 e. The summed E-state index contributed by atoms with van der Waals surface area (Å²) in [6.07, 6.45) is 5.51. The number of hydrogen-bond acceptors (Lipinski definition) is 5. The Bertz CT molecular complexity index is 527. The highest BCUT2D eigenvalue weighted by Gasteiger charge is 2.37. The Morgan fingerprint density at radius 2 is 1.91 bits per heavy atom. The Balaban J connectivity index is 1.90. The third-order valence-corrected chi connectivity index (χ3v) is 6.29. The van der Waals surface area contributed by atoms with E-state index in [1.165, 1.54) is 6.26 Å². The first-order valence-corrected chi connectivity index (χ1v) is 10.5. The van der Waals surface area contributed by atoms with Gasteiger partial charge in [0.25, 0.3) is 0 Å². The quantitative estimate of drug-likeness (QED) is 0.842. The number of likely N-dealkylation sites (tertiary alicyclic amines) is 1. The average Bonchev–Trinajstić information content (AvgIpc) is 3.02. The number of carbonyl (C=O) groups excluding carboxylic acids is 1. The fraction of sp³-hybridized carbons (Fsp3) is 0.938. The Morgan fingerprint density at radius 1 is 1.22 bits per heavy atom. The molecule has 0 radical (unpaired) electrons. The van der Waals surface area contributed by atoms with Crippen molar-refractivity contribution in [3.63, 3.8) is 0 Å². The first kappa shape index (κ1) is 18.5. The summed E-state index contributed by atoms with van der Waals surface area (Å²) in [6, 6.07) is 0.0942. The van der Waals surface area contributed by atoms with E-state index in [1.807, 2.05) is 20.8 Å². The van der Waals surface area contributed by atoms with Crippen LogP contribution in [-0.2, 0) is 14.6 Å². The molecular formula is C16H30N2O4S. The van der Waals surface area contributed by atoms with E-state index in [0.29, 0.717) is 13.1 Å². The van der Waals surface area contributed by atoms with Crippen molar-refractivity contribution in [2.75, 3.05) is 19.3 Å². The molecule has 0 aromatic rings. The van der Waals surface area contributed by atoms with Gasteiger partial charge in [0.2, 0.25) is 0 Å². The molecule has 134 valence electrons. The van der Waals surface area contributed by atoms with E-state index in [1.54, 1.807) is 4.90 Å². The lowest BCUT2D eigenvalue weighted by molar-refractivity contribution is 0.0225. The number of sulfone groups is 1. The van der Waals surface area contributed by atoms with E-state index in [2.05, 4.69) is 5.32 Å². The molecule has 3 atom stereocenters. The predicted octanol–water partition coefficient (Wildman–Crippen LogP) is 1.94. The molecule has 0 bridgehead atoms. The van der Waals surface area contributed by atoms with E-state index < -0.39 is 15.4 Å². The van der Waals surface area contributed by atoms with Crippen molar-refractivity contribution in [3.05, 3.63) is 0 Å². The number of amides is 1. The Morgan fingerprint density at radius 3 is 2.52 bits per heavy atom. The van der Waals surface area contributed by atoms with Gasteiger partial charge in [0, 0.05) is 31.4 Å². The summed E-state index contributed by atoms with van der Waals surface area (Å²) in [4.78, 5) is 14.1. The lowest BCUT2D eigenvalue weighted by Crippen LogP contribution is -2.48. The smallest absolute Gasteiger partial charge is 0.410 e. The third-order valence-electron chi connectivity index (χ3n) is 4.62. The van der Waals surface area contributed by atoms with Crippen LogP contribution in [0.2, 0.25) is 0 Å². The van der Waals surface area contributed by atoms with Gasteiger partial charge in [-0.15, -0.1) is 0 Å². The Kier molecular flexibility index (Phi) is 5.61. The van der Waals surface area contributed by atoms with E-state index in [-0.39, 0.29) is 23.4 Å². The summed E-state index contributed by atoms with van der Waals surface area (Å²) in [7, 11) is -3.02. The van der Waals surface area contributed by atoms with Gasteiger partial charge in [-0.25, -0.2) is 13.2 Å². The SMILES string of the molecule is CC(C)(C)OC(=O)N1CCCC1CNC1CCCC1S(C)(=O)=O. The summed E-state index contributed by atoms with van der Waals surface area (Å²) in [6.45, 7) is 6.94. The Hall–Kier alpha value is -0.820. The molecule has 3 unspecified atom stereocenters. The minimum Gasteiger partial charge on any atom is -0.444 e. The monoisotopic (exact) mass is 346 g/mol. The number of nitrogens with zero attached hydrogens (tertiary/aromatic N) is 1. The van der Waals surface area contributed by atoms with Gasteiger partial charge >= 0.3 is 6.09 Å². The van der Waals surface area contributed by atoms with Crippen LogP contribution in [0.4, 0.5) is 4.79 Å². The number of carbonyl (C=O) groups is 1. The highest BCUT2D eigenvalue weighted by molar-refractivity contribution is 7.91. The first-order chi connectivity index (χ1) is 10.6. The van der Waals surface area contributed by atoms with Crippen LogP contribution in [0.1, 0.15) is 52.9 Å². The minimum atomic E-state index is -3.02. The molecule has 2 fully saturated rings. The highest BCUT2D eigenvalue weighted by atomic mass is 32.2. The average molecular weight is 346 g/mol. The molecule has 0 aromatic carbocycles. The zero-order valence-electron chi connectivity index (χ0n) is 14.7. The summed E-state index contributed by atoms with van der Waals surface area (Å²) >= 11 is 0. The molecule has 1 saturated carbocycles. The number of nitrogens with one attached hydrogen (secondary N) is 1. The van der Waals surface area contributed by atoms with Crippen LogP contribution in [0.5, 0.6) is 0 Å². The zero-order valence-corrected chi connectivity index (χ0v) is 15.5. The number of hydrogen-bond donors (Lipinski definition) is 1. The summed E-state index contributed by atoms with van der Waals surface area (Å²) in [5.74, 6) is 0. The van der Waals surface area contributed by atoms with Crippen LogP contribution in [0.15, 0.2) is 0 Å². The molecule has 1 amide bonds. The molecule has 1 aliphatic carbocycles. The molecule has 6 nitrogen and oxygen atoms in total. The van der Waals surface area contributed by atoms with Gasteiger partial charge in [0.1, 0.15) is 5.60 Å². The topological polar surface area (TPSA) is 75.7 Å². The second-order valence-electron chi connectivity index (χ2n) is 7.78. The molecule has 2 rings (SSSR count). The Labute approximate surface area is 139 Å². The van der Waals surface area contributed by atoms with E-state index in [4.69, 9.17) is 4.74 Å². The van der Waals surface area contributed by atoms with E-state index in [9.17, 15) is 13.2 Å². The zero-order chi connectivity index (χ0) is 17.3. The van der Waals surface area contributed by atoms with E-state index >= 15 is 0 Å². The third kappa shape index (κ3) is 5.08. The molecule has 0 spiro atoms. The van der Waals surface area contributed by atoms with Gasteiger partial charge in [-0.2, -0.15) is 0 Å². The minimum absolute atomic E-state index is 0.00564. The fourth-order valence-corrected chi connectivity index (χ4v) is 4.99. The lowest BCUT2D eigenvalue weighted by Gasteiger charge is -2.30. The molecule has 1 heterocycles. The van der Waals surface area contributed by atoms with Gasteiger partial charge in [-0.1, -0.05) is 6.42 Å². The maximum atomic E-state index is 12.3. The normalized spacial score (nSPS) is 29.0. The number of ether oxygens (including phenoxy) is 1. The van der Waals surface area contributed by atoms with Crippen LogP contribution < -0.4 is 5.32 Å². The van der Waals surface area contributed by atoms with Gasteiger partial charge < -0.3 is 15.0 Å². The van der Waals surface area contributed by atoms with Crippen molar-refractivity contribution in [2.45, 2.75) is 75.8 Å². The number of rotatable bonds is 4. The molecule has 2 aliphatic rings. The molecule has 7 heteroatoms. The second kappa shape index (κ2) is 6.97. The summed E-state index contributed by atoms with van der Waals surface area (Å²) in [5, 5.41) is 3.11. The maximum absolute atomic E-state index is 12.3. The highest BCUT2D eigenvalue weighted by Crippen LogP contribution is 2.26. The van der Waals surface area contributed by atoms with Gasteiger partial charge in [0.15, 0.2) is 9.84 Å². The molecule has 1 N–H and O–H groups in total. The van der Waals surface area contributed by atoms with Crippen LogP contribution in [0.3, 0.4) is 0 Å². The van der Waals surface area contributed by atoms with Crippen molar-refractivity contribution >= 4 is 15.9 Å². The molecule has 23 heavy (non-hydrogen) atoms. The predicted molar refractivity (Wildman–Crippen MR) is 90.2 cm³/mol. The molecular weight excluding hydrogens is 316 g/mol. The van der Waals surface area contributed by atoms with Gasteiger partial charge in [-0.3, -0.25) is 0 Å². The van der Waals surface area contributed by atoms with Crippen LogP contribution in [0.25, 0.3) is 0 Å².